The van der Waals surface area contributed by atoms with Crippen LogP contribution in [0.25, 0.3) is 11.0 Å². The number of rotatable bonds is 4. The average molecular weight is 218 g/mol. The van der Waals surface area contributed by atoms with E-state index in [4.69, 9.17) is 5.73 Å². The number of nitrogens with two attached hydrogens (primary N) is 1. The number of nitrogens with zero attached hydrogens (tertiary/aromatic N) is 2. The Bertz CT molecular complexity index is 475. The van der Waals surface area contributed by atoms with Crippen molar-refractivity contribution >= 4 is 11.0 Å². The second-order valence-corrected chi connectivity index (χ2v) is 4.10. The first-order valence-electron chi connectivity index (χ1n) is 5.53. The summed E-state index contributed by atoms with van der Waals surface area (Å²) < 4.78 is 2.01. The summed E-state index contributed by atoms with van der Waals surface area (Å²) in [4.78, 5) is 4.33. The van der Waals surface area contributed by atoms with Crippen LogP contribution in [0.1, 0.15) is 18.0 Å². The van der Waals surface area contributed by atoms with Crippen molar-refractivity contribution in [2.24, 2.45) is 12.8 Å². The summed E-state index contributed by atoms with van der Waals surface area (Å²) in [6.07, 6.45) is 2.77. The van der Waals surface area contributed by atoms with Crippen LogP contribution in [0.4, 0.5) is 0 Å². The Morgan fingerprint density at radius 3 is 3.06 bits per heavy atom. The lowest BCUT2D eigenvalue weighted by atomic mass is 10.0. The van der Waals surface area contributed by atoms with Gasteiger partial charge in [0.1, 0.15) is 0 Å². The molecule has 4 nitrogen and oxygen atoms in total. The molecule has 1 atom stereocenters. The van der Waals surface area contributed by atoms with E-state index in [0.29, 0.717) is 0 Å². The van der Waals surface area contributed by atoms with Crippen molar-refractivity contribution in [2.75, 3.05) is 13.6 Å². The highest BCUT2D eigenvalue weighted by Crippen LogP contribution is 2.19. The number of hydrogen-bond donors (Lipinski definition) is 2. The number of aryl methyl sites for hydroxylation is 1. The van der Waals surface area contributed by atoms with Gasteiger partial charge in [-0.05, 0) is 37.7 Å². The fraction of sp³-hybridized carbons (Fsp3) is 0.417. The Hall–Kier alpha value is -1.39. The monoisotopic (exact) mass is 218 g/mol. The molecule has 0 aliphatic heterocycles. The lowest BCUT2D eigenvalue weighted by Gasteiger charge is -2.11. The Morgan fingerprint density at radius 1 is 1.50 bits per heavy atom. The first kappa shape index (κ1) is 11.1. The molecule has 2 aromatic rings. The number of benzene rings is 1. The van der Waals surface area contributed by atoms with Crippen molar-refractivity contribution in [3.05, 3.63) is 30.1 Å². The van der Waals surface area contributed by atoms with E-state index < -0.39 is 0 Å². The van der Waals surface area contributed by atoms with Crippen LogP contribution < -0.4 is 11.1 Å². The van der Waals surface area contributed by atoms with Gasteiger partial charge in [-0.25, -0.2) is 4.98 Å². The summed E-state index contributed by atoms with van der Waals surface area (Å²) in [7, 11) is 3.94. The quantitative estimate of drug-likeness (QED) is 0.810. The lowest BCUT2D eigenvalue weighted by Crippen LogP contribution is -2.17. The van der Waals surface area contributed by atoms with Gasteiger partial charge in [-0.1, -0.05) is 6.07 Å². The average Bonchev–Trinajstić information content (AvgIpc) is 2.67. The summed E-state index contributed by atoms with van der Waals surface area (Å²) in [5.41, 5.74) is 9.42. The van der Waals surface area contributed by atoms with E-state index in [2.05, 4.69) is 28.5 Å². The van der Waals surface area contributed by atoms with Gasteiger partial charge in [0.25, 0.3) is 0 Å². The second kappa shape index (κ2) is 4.63. The van der Waals surface area contributed by atoms with Crippen LogP contribution in [0.3, 0.4) is 0 Å². The standard InChI is InChI=1S/C12H18N4/c1-14-6-5-10(13)9-3-4-12-11(7-9)15-8-16(12)2/h3-4,7-8,10,14H,5-6,13H2,1-2H3. The maximum absolute atomic E-state index is 6.10. The third kappa shape index (κ3) is 2.08. The van der Waals surface area contributed by atoms with Crippen molar-refractivity contribution in [1.29, 1.82) is 0 Å². The first-order valence-corrected chi connectivity index (χ1v) is 5.53. The van der Waals surface area contributed by atoms with E-state index in [1.165, 1.54) is 0 Å². The molecule has 0 aliphatic carbocycles. The molecule has 3 N–H and O–H groups in total. The Balaban J connectivity index is 2.25. The SMILES string of the molecule is CNCCC(N)c1ccc2c(c1)ncn2C. The molecular formula is C12H18N4. The zero-order valence-corrected chi connectivity index (χ0v) is 9.77. The molecule has 86 valence electrons. The molecule has 0 saturated carbocycles. The number of nitrogens with one attached hydrogen (secondary N) is 1. The normalized spacial score (nSPS) is 13.2. The van der Waals surface area contributed by atoms with Gasteiger partial charge in [0.05, 0.1) is 17.4 Å². The maximum Gasteiger partial charge on any atom is 0.0955 e. The predicted molar refractivity (Wildman–Crippen MR) is 66.2 cm³/mol. The summed E-state index contributed by atoms with van der Waals surface area (Å²) in [5, 5.41) is 3.11. The van der Waals surface area contributed by atoms with Crippen LogP contribution in [0.2, 0.25) is 0 Å². The Labute approximate surface area is 95.5 Å². The molecule has 0 fully saturated rings. The van der Waals surface area contributed by atoms with Crippen molar-refractivity contribution in [3.63, 3.8) is 0 Å². The highest BCUT2D eigenvalue weighted by atomic mass is 15.0. The third-order valence-corrected chi connectivity index (χ3v) is 2.88. The van der Waals surface area contributed by atoms with E-state index in [-0.39, 0.29) is 6.04 Å². The molecule has 1 heterocycles. The zero-order chi connectivity index (χ0) is 11.5. The van der Waals surface area contributed by atoms with Gasteiger partial charge in [0.15, 0.2) is 0 Å². The second-order valence-electron chi connectivity index (χ2n) is 4.10. The number of hydrogen-bond acceptors (Lipinski definition) is 3. The number of imidazole rings is 1. The van der Waals surface area contributed by atoms with Crippen LogP contribution >= 0.6 is 0 Å². The lowest BCUT2D eigenvalue weighted by molar-refractivity contribution is 0.616. The van der Waals surface area contributed by atoms with Crippen LogP contribution in [0.15, 0.2) is 24.5 Å². The highest BCUT2D eigenvalue weighted by molar-refractivity contribution is 5.76. The van der Waals surface area contributed by atoms with Crippen molar-refractivity contribution < 1.29 is 0 Å². The summed E-state index contributed by atoms with van der Waals surface area (Å²) >= 11 is 0. The van der Waals surface area contributed by atoms with E-state index in [0.717, 1.165) is 29.6 Å². The molecule has 4 heteroatoms. The molecule has 0 spiro atoms. The van der Waals surface area contributed by atoms with Crippen LogP contribution in [-0.2, 0) is 7.05 Å². The van der Waals surface area contributed by atoms with E-state index >= 15 is 0 Å². The van der Waals surface area contributed by atoms with E-state index in [9.17, 15) is 0 Å². The molecule has 1 aromatic carbocycles. The molecule has 1 aromatic heterocycles. The molecule has 2 rings (SSSR count). The number of fused-ring (bicyclic) bond motifs is 1. The third-order valence-electron chi connectivity index (χ3n) is 2.88. The van der Waals surface area contributed by atoms with Crippen molar-refractivity contribution in [3.8, 4) is 0 Å². The molecule has 0 aliphatic rings. The topological polar surface area (TPSA) is 55.9 Å². The van der Waals surface area contributed by atoms with Gasteiger partial charge in [0, 0.05) is 13.1 Å². The first-order chi connectivity index (χ1) is 7.72. The minimum absolute atomic E-state index is 0.0823. The fourth-order valence-corrected chi connectivity index (χ4v) is 1.85. The van der Waals surface area contributed by atoms with Crippen LogP contribution in [0.5, 0.6) is 0 Å². The highest BCUT2D eigenvalue weighted by Gasteiger charge is 2.07. The predicted octanol–water partition coefficient (Wildman–Crippen LogP) is 1.18. The zero-order valence-electron chi connectivity index (χ0n) is 9.77. The molecule has 0 bridgehead atoms. The molecular weight excluding hydrogens is 200 g/mol. The fourth-order valence-electron chi connectivity index (χ4n) is 1.85. The van der Waals surface area contributed by atoms with Gasteiger partial charge >= 0.3 is 0 Å². The minimum Gasteiger partial charge on any atom is -0.334 e. The van der Waals surface area contributed by atoms with Crippen molar-refractivity contribution in [2.45, 2.75) is 12.5 Å². The maximum atomic E-state index is 6.10. The molecule has 16 heavy (non-hydrogen) atoms. The van der Waals surface area contributed by atoms with Gasteiger partial charge in [-0.3, -0.25) is 0 Å². The molecule has 1 unspecified atom stereocenters. The van der Waals surface area contributed by atoms with Gasteiger partial charge in [0.2, 0.25) is 0 Å². The summed E-state index contributed by atoms with van der Waals surface area (Å²) in [6.45, 7) is 0.932. The van der Waals surface area contributed by atoms with Crippen LogP contribution in [-0.4, -0.2) is 23.1 Å². The van der Waals surface area contributed by atoms with Gasteiger partial charge in [-0.2, -0.15) is 0 Å². The molecule has 0 saturated heterocycles. The van der Waals surface area contributed by atoms with Gasteiger partial charge in [-0.15, -0.1) is 0 Å². The molecule has 0 amide bonds. The summed E-state index contributed by atoms with van der Waals surface area (Å²) in [5.74, 6) is 0. The number of aromatic nitrogens is 2. The minimum atomic E-state index is 0.0823. The largest absolute Gasteiger partial charge is 0.334 e. The smallest absolute Gasteiger partial charge is 0.0955 e. The van der Waals surface area contributed by atoms with Gasteiger partial charge < -0.3 is 15.6 Å². The Morgan fingerprint density at radius 2 is 2.31 bits per heavy atom. The molecule has 0 radical (unpaired) electrons. The van der Waals surface area contributed by atoms with Crippen LogP contribution in [0, 0.1) is 0 Å². The van der Waals surface area contributed by atoms with E-state index in [1.807, 2.05) is 25.0 Å². The Kier molecular flexibility index (Phi) is 3.22. The van der Waals surface area contributed by atoms with E-state index in [1.54, 1.807) is 0 Å². The summed E-state index contributed by atoms with van der Waals surface area (Å²) in [6, 6.07) is 6.33. The van der Waals surface area contributed by atoms with Crippen molar-refractivity contribution in [1.82, 2.24) is 14.9 Å².